The van der Waals surface area contributed by atoms with Crippen LogP contribution in [0.4, 0.5) is 11.6 Å². The molecule has 0 aliphatic carbocycles. The van der Waals surface area contributed by atoms with Gasteiger partial charge < -0.3 is 19.7 Å². The number of carbonyl (C=O) groups is 1. The molecule has 0 spiro atoms. The number of hydrogen-bond donors (Lipinski definition) is 2. The molecule has 2 N–H and O–H groups in total. The van der Waals surface area contributed by atoms with Crippen LogP contribution < -0.4 is 16.1 Å². The molecule has 1 aliphatic heterocycles. The Balaban J connectivity index is 1.95. The Morgan fingerprint density at radius 3 is 2.55 bits per heavy atom. The molecule has 29 heavy (non-hydrogen) atoms. The van der Waals surface area contributed by atoms with Crippen molar-refractivity contribution in [3.8, 4) is 0 Å². The van der Waals surface area contributed by atoms with E-state index in [0.29, 0.717) is 12.5 Å². The minimum absolute atomic E-state index is 0.153. The number of nitrogens with zero attached hydrogens (tertiary/aromatic N) is 5. The highest BCUT2D eigenvalue weighted by atomic mass is 16.4. The molecule has 2 aromatic heterocycles. The molecule has 0 bridgehead atoms. The van der Waals surface area contributed by atoms with Crippen molar-refractivity contribution in [3.05, 3.63) is 50.7 Å². The van der Waals surface area contributed by atoms with Gasteiger partial charge in [-0.15, -0.1) is 0 Å². The van der Waals surface area contributed by atoms with Gasteiger partial charge in [-0.3, -0.25) is 18.7 Å². The Morgan fingerprint density at radius 1 is 1.21 bits per heavy atom. The van der Waals surface area contributed by atoms with Gasteiger partial charge in [0.05, 0.1) is 25.6 Å². The molecule has 10 nitrogen and oxygen atoms in total. The number of imidazole rings is 1. The van der Waals surface area contributed by atoms with Gasteiger partial charge in [0.2, 0.25) is 5.95 Å². The number of aliphatic carboxylic acids is 1. The van der Waals surface area contributed by atoms with Gasteiger partial charge in [0, 0.05) is 19.3 Å². The maximum absolute atomic E-state index is 13.0. The number of aliphatic hydroxyl groups excluding tert-OH is 1. The summed E-state index contributed by atoms with van der Waals surface area (Å²) in [6.07, 6.45) is -1.09. The van der Waals surface area contributed by atoms with Crippen molar-refractivity contribution >= 4 is 28.8 Å². The second kappa shape index (κ2) is 6.89. The minimum atomic E-state index is -1.10. The predicted octanol–water partition coefficient (Wildman–Crippen LogP) is 0.192. The van der Waals surface area contributed by atoms with Gasteiger partial charge in [-0.1, -0.05) is 17.7 Å². The van der Waals surface area contributed by atoms with Crippen LogP contribution in [0.5, 0.6) is 0 Å². The van der Waals surface area contributed by atoms with E-state index in [1.165, 1.54) is 11.6 Å². The van der Waals surface area contributed by atoms with Crippen LogP contribution in [0.15, 0.2) is 33.9 Å². The normalized spacial score (nSPS) is 16.2. The zero-order chi connectivity index (χ0) is 20.9. The highest BCUT2D eigenvalue weighted by Crippen LogP contribution is 2.31. The van der Waals surface area contributed by atoms with E-state index >= 15 is 0 Å². The van der Waals surface area contributed by atoms with Crippen molar-refractivity contribution in [2.45, 2.75) is 32.5 Å². The molecular weight excluding hydrogens is 378 g/mol. The third-order valence-corrected chi connectivity index (χ3v) is 5.14. The summed E-state index contributed by atoms with van der Waals surface area (Å²) in [5.74, 6) is -0.646. The SMILES string of the molecule is Cc1ccc(N2CC(O)Cn3c2nc2c3c(=O)n(CCC(=O)O)c(=O)n2C)cc1. The lowest BCUT2D eigenvalue weighted by Crippen LogP contribution is -2.42. The second-order valence-corrected chi connectivity index (χ2v) is 7.24. The van der Waals surface area contributed by atoms with Crippen LogP contribution in [-0.2, 0) is 24.9 Å². The molecule has 10 heteroatoms. The second-order valence-electron chi connectivity index (χ2n) is 7.24. The molecule has 0 amide bonds. The average Bonchev–Trinajstić information content (AvgIpc) is 3.05. The summed E-state index contributed by atoms with van der Waals surface area (Å²) in [6.45, 7) is 2.19. The third kappa shape index (κ3) is 3.11. The molecule has 152 valence electrons. The number of carboxylic acids is 1. The standard InChI is InChI=1S/C19H21N5O5/c1-11-3-5-12(6-4-11)23-9-13(25)10-24-15-16(20-18(23)24)21(2)19(29)22(17(15)28)8-7-14(26)27/h3-6,13,25H,7-10H2,1-2H3,(H,26,27). The molecule has 4 rings (SSSR count). The van der Waals surface area contributed by atoms with Crippen LogP contribution >= 0.6 is 0 Å². The Hall–Kier alpha value is -3.40. The van der Waals surface area contributed by atoms with E-state index in [0.717, 1.165) is 15.8 Å². The summed E-state index contributed by atoms with van der Waals surface area (Å²) in [6, 6.07) is 7.69. The first kappa shape index (κ1) is 18.9. The summed E-state index contributed by atoms with van der Waals surface area (Å²) >= 11 is 0. The fraction of sp³-hybridized carbons (Fsp3) is 0.368. The minimum Gasteiger partial charge on any atom is -0.481 e. The first-order chi connectivity index (χ1) is 13.8. The predicted molar refractivity (Wildman–Crippen MR) is 106 cm³/mol. The number of aromatic nitrogens is 4. The molecule has 0 fully saturated rings. The fourth-order valence-corrected chi connectivity index (χ4v) is 3.65. The van der Waals surface area contributed by atoms with E-state index in [1.807, 2.05) is 31.2 Å². The summed E-state index contributed by atoms with van der Waals surface area (Å²) in [4.78, 5) is 42.9. The van der Waals surface area contributed by atoms with E-state index in [9.17, 15) is 19.5 Å². The molecule has 3 heterocycles. The average molecular weight is 399 g/mol. The number of fused-ring (bicyclic) bond motifs is 3. The zero-order valence-electron chi connectivity index (χ0n) is 16.1. The van der Waals surface area contributed by atoms with E-state index in [4.69, 9.17) is 5.11 Å². The number of aryl methyl sites for hydroxylation is 2. The van der Waals surface area contributed by atoms with Gasteiger partial charge in [0.25, 0.3) is 5.56 Å². The molecule has 1 aromatic carbocycles. The summed E-state index contributed by atoms with van der Waals surface area (Å²) in [5, 5.41) is 19.4. The topological polar surface area (TPSA) is 123 Å². The number of anilines is 2. The summed E-state index contributed by atoms with van der Waals surface area (Å²) in [7, 11) is 1.49. The van der Waals surface area contributed by atoms with Crippen molar-refractivity contribution in [3.63, 3.8) is 0 Å². The quantitative estimate of drug-likeness (QED) is 0.642. The molecule has 0 saturated carbocycles. The van der Waals surface area contributed by atoms with Gasteiger partial charge in [-0.05, 0) is 19.1 Å². The lowest BCUT2D eigenvalue weighted by atomic mass is 10.2. The van der Waals surface area contributed by atoms with Gasteiger partial charge in [0.1, 0.15) is 0 Å². The highest BCUT2D eigenvalue weighted by Gasteiger charge is 2.30. The number of benzene rings is 1. The van der Waals surface area contributed by atoms with Gasteiger partial charge in [-0.2, -0.15) is 4.98 Å². The Bertz CT molecular complexity index is 1220. The fourth-order valence-electron chi connectivity index (χ4n) is 3.65. The van der Waals surface area contributed by atoms with Crippen molar-refractivity contribution in [1.82, 2.24) is 18.7 Å². The number of carboxylic acid groups (broad SMARTS) is 1. The van der Waals surface area contributed by atoms with Crippen molar-refractivity contribution in [2.75, 3.05) is 11.4 Å². The number of aliphatic hydroxyl groups is 1. The molecule has 1 unspecified atom stereocenters. The first-order valence-corrected chi connectivity index (χ1v) is 9.22. The molecular formula is C19H21N5O5. The van der Waals surface area contributed by atoms with Crippen LogP contribution in [-0.4, -0.2) is 47.5 Å². The molecule has 3 aromatic rings. The van der Waals surface area contributed by atoms with Crippen molar-refractivity contribution < 1.29 is 15.0 Å². The summed E-state index contributed by atoms with van der Waals surface area (Å²) < 4.78 is 3.74. The van der Waals surface area contributed by atoms with Crippen LogP contribution in [0, 0.1) is 6.92 Å². The maximum Gasteiger partial charge on any atom is 0.332 e. The van der Waals surface area contributed by atoms with E-state index in [-0.39, 0.29) is 30.7 Å². The largest absolute Gasteiger partial charge is 0.481 e. The summed E-state index contributed by atoms with van der Waals surface area (Å²) in [5.41, 5.74) is 1.03. The van der Waals surface area contributed by atoms with Crippen LogP contribution in [0.2, 0.25) is 0 Å². The molecule has 1 aliphatic rings. The molecule has 0 saturated heterocycles. The Kier molecular flexibility index (Phi) is 4.50. The Labute approximate surface area is 164 Å². The van der Waals surface area contributed by atoms with Crippen molar-refractivity contribution in [1.29, 1.82) is 0 Å². The highest BCUT2D eigenvalue weighted by molar-refractivity contribution is 5.77. The van der Waals surface area contributed by atoms with Gasteiger partial charge >= 0.3 is 11.7 Å². The lowest BCUT2D eigenvalue weighted by Gasteiger charge is -2.32. The van der Waals surface area contributed by atoms with Crippen LogP contribution in [0.1, 0.15) is 12.0 Å². The third-order valence-electron chi connectivity index (χ3n) is 5.14. The smallest absolute Gasteiger partial charge is 0.332 e. The van der Waals surface area contributed by atoms with Gasteiger partial charge in [-0.25, -0.2) is 4.79 Å². The number of β-amino-alcohol motifs (C(OH)–C–C–N with tert-alkyl or cyclic N) is 1. The lowest BCUT2D eigenvalue weighted by molar-refractivity contribution is -0.137. The van der Waals surface area contributed by atoms with Gasteiger partial charge in [0.15, 0.2) is 11.2 Å². The Morgan fingerprint density at radius 2 is 1.90 bits per heavy atom. The first-order valence-electron chi connectivity index (χ1n) is 9.22. The monoisotopic (exact) mass is 399 g/mol. The maximum atomic E-state index is 13.0. The number of hydrogen-bond acceptors (Lipinski definition) is 6. The van der Waals surface area contributed by atoms with Crippen molar-refractivity contribution in [2.24, 2.45) is 7.05 Å². The van der Waals surface area contributed by atoms with E-state index in [1.54, 1.807) is 9.47 Å². The van der Waals surface area contributed by atoms with E-state index in [2.05, 4.69) is 4.98 Å². The molecule has 1 atom stereocenters. The molecule has 0 radical (unpaired) electrons. The number of rotatable bonds is 4. The van der Waals surface area contributed by atoms with E-state index < -0.39 is 23.3 Å². The zero-order valence-corrected chi connectivity index (χ0v) is 16.1. The van der Waals surface area contributed by atoms with Crippen LogP contribution in [0.25, 0.3) is 11.2 Å². The van der Waals surface area contributed by atoms with Crippen LogP contribution in [0.3, 0.4) is 0 Å².